The van der Waals surface area contributed by atoms with Gasteiger partial charge in [0, 0.05) is 17.7 Å². The van der Waals surface area contributed by atoms with E-state index in [1.807, 2.05) is 60.7 Å². The number of allylic oxidation sites excluding steroid dienone is 2. The second kappa shape index (κ2) is 12.9. The Kier molecular flexibility index (Phi) is 9.95. The van der Waals surface area contributed by atoms with Gasteiger partial charge in [0.05, 0.1) is 12.7 Å². The highest BCUT2D eigenvalue weighted by Crippen LogP contribution is 2.45. The Balaban J connectivity index is 1.56. The highest BCUT2D eigenvalue weighted by molar-refractivity contribution is 6.21. The number of unbranched alkanes of at least 4 members (excludes halogenated alkanes) is 1. The molecule has 6 heteroatoms. The molecule has 0 amide bonds. The fourth-order valence-electron chi connectivity index (χ4n) is 4.52. The van der Waals surface area contributed by atoms with Gasteiger partial charge in [0.1, 0.15) is 12.7 Å². The van der Waals surface area contributed by atoms with E-state index >= 15 is 0 Å². The van der Waals surface area contributed by atoms with Gasteiger partial charge in [0.25, 0.3) is 0 Å². The molecule has 0 aliphatic heterocycles. The van der Waals surface area contributed by atoms with Crippen molar-refractivity contribution in [2.45, 2.75) is 55.6 Å². The maximum absolute atomic E-state index is 11.5. The molecule has 1 aliphatic carbocycles. The van der Waals surface area contributed by atoms with E-state index in [9.17, 15) is 15.0 Å². The summed E-state index contributed by atoms with van der Waals surface area (Å²) in [6.07, 6.45) is 6.01. The SMILES string of the molecule is O=C(CCC/C=C\C[C@@H]1[C@@H](c2ccc(C(O)c3ccccc3)cc2)[C@H](O)C[C@H]1Cl)OCCO. The maximum Gasteiger partial charge on any atom is 0.305 e. The van der Waals surface area contributed by atoms with Crippen molar-refractivity contribution in [1.29, 1.82) is 0 Å². The fraction of sp³-hybridized carbons (Fsp3) is 0.444. The summed E-state index contributed by atoms with van der Waals surface area (Å²) in [4.78, 5) is 11.5. The summed E-state index contributed by atoms with van der Waals surface area (Å²) >= 11 is 6.59. The predicted octanol–water partition coefficient (Wildman–Crippen LogP) is 4.49. The second-order valence-corrected chi connectivity index (χ2v) is 9.09. The Morgan fingerprint density at radius 1 is 1.09 bits per heavy atom. The van der Waals surface area contributed by atoms with E-state index in [1.54, 1.807) is 0 Å². The number of benzene rings is 2. The minimum absolute atomic E-state index is 0.0450. The molecule has 1 unspecified atom stereocenters. The van der Waals surface area contributed by atoms with Crippen LogP contribution >= 0.6 is 11.6 Å². The first-order valence-corrected chi connectivity index (χ1v) is 12.0. The number of hydrogen-bond acceptors (Lipinski definition) is 5. The van der Waals surface area contributed by atoms with Crippen molar-refractivity contribution < 1.29 is 24.9 Å². The standard InChI is InChI=1S/C27H33ClO5/c28-23-18-24(30)26(22(23)10-6-1-2-7-11-25(31)33-17-16-29)19-12-14-21(15-13-19)27(32)20-8-4-3-5-9-20/h1,3-6,8-9,12-15,22-24,26-27,29-30,32H,2,7,10-11,16-18H2/b6-1-/t22-,23+,24+,26+,27?/m0/s1. The van der Waals surface area contributed by atoms with Crippen molar-refractivity contribution in [3.05, 3.63) is 83.4 Å². The van der Waals surface area contributed by atoms with Gasteiger partial charge >= 0.3 is 5.97 Å². The van der Waals surface area contributed by atoms with Crippen LogP contribution in [0.1, 0.15) is 60.8 Å². The summed E-state index contributed by atoms with van der Waals surface area (Å²) in [6, 6.07) is 17.3. The minimum atomic E-state index is -0.686. The Bertz CT molecular complexity index is 883. The lowest BCUT2D eigenvalue weighted by molar-refractivity contribution is -0.144. The van der Waals surface area contributed by atoms with Crippen molar-refractivity contribution in [3.8, 4) is 0 Å². The largest absolute Gasteiger partial charge is 0.463 e. The van der Waals surface area contributed by atoms with Crippen LogP contribution in [0.3, 0.4) is 0 Å². The maximum atomic E-state index is 11.5. The normalized spacial score (nSPS) is 23.6. The van der Waals surface area contributed by atoms with Crippen molar-refractivity contribution in [3.63, 3.8) is 0 Å². The Hall–Kier alpha value is -2.18. The van der Waals surface area contributed by atoms with Gasteiger partial charge in [-0.05, 0) is 48.3 Å². The molecule has 0 spiro atoms. The molecule has 33 heavy (non-hydrogen) atoms. The number of aliphatic hydroxyl groups excluding tert-OH is 3. The minimum Gasteiger partial charge on any atom is -0.463 e. The number of alkyl halides is 1. The third-order valence-corrected chi connectivity index (χ3v) is 6.74. The molecular weight excluding hydrogens is 440 g/mol. The molecule has 178 valence electrons. The van der Waals surface area contributed by atoms with Crippen molar-refractivity contribution >= 4 is 17.6 Å². The van der Waals surface area contributed by atoms with E-state index in [4.69, 9.17) is 21.4 Å². The van der Waals surface area contributed by atoms with Crippen LogP contribution in [0.5, 0.6) is 0 Å². The molecule has 5 atom stereocenters. The lowest BCUT2D eigenvalue weighted by Crippen LogP contribution is -2.18. The highest BCUT2D eigenvalue weighted by Gasteiger charge is 2.41. The quantitative estimate of drug-likeness (QED) is 0.194. The molecule has 0 aromatic heterocycles. The van der Waals surface area contributed by atoms with E-state index in [-0.39, 0.29) is 36.4 Å². The molecule has 2 aromatic rings. The van der Waals surface area contributed by atoms with E-state index in [2.05, 4.69) is 6.08 Å². The van der Waals surface area contributed by atoms with Crippen LogP contribution in [0, 0.1) is 5.92 Å². The van der Waals surface area contributed by atoms with Crippen LogP contribution in [-0.4, -0.2) is 46.0 Å². The predicted molar refractivity (Wildman–Crippen MR) is 129 cm³/mol. The molecule has 1 saturated carbocycles. The number of rotatable bonds is 11. The number of halogens is 1. The number of esters is 1. The highest BCUT2D eigenvalue weighted by atomic mass is 35.5. The zero-order valence-electron chi connectivity index (χ0n) is 18.7. The summed E-state index contributed by atoms with van der Waals surface area (Å²) in [5.74, 6) is -0.246. The molecule has 3 N–H and O–H groups in total. The summed E-state index contributed by atoms with van der Waals surface area (Å²) < 4.78 is 4.84. The van der Waals surface area contributed by atoms with Crippen molar-refractivity contribution in [2.24, 2.45) is 5.92 Å². The van der Waals surface area contributed by atoms with Gasteiger partial charge in [-0.1, -0.05) is 66.7 Å². The van der Waals surface area contributed by atoms with Crippen molar-refractivity contribution in [2.75, 3.05) is 13.2 Å². The van der Waals surface area contributed by atoms with E-state index < -0.39 is 12.2 Å². The number of carbonyl (C=O) groups is 1. The Morgan fingerprint density at radius 3 is 2.48 bits per heavy atom. The third-order valence-electron chi connectivity index (χ3n) is 6.24. The van der Waals surface area contributed by atoms with Crippen LogP contribution in [0.4, 0.5) is 0 Å². The average Bonchev–Trinajstić information content (AvgIpc) is 3.12. The molecule has 0 bridgehead atoms. The van der Waals surface area contributed by atoms with Crippen LogP contribution in [0.25, 0.3) is 0 Å². The molecule has 0 saturated heterocycles. The summed E-state index contributed by atoms with van der Waals surface area (Å²) in [6.45, 7) is -0.112. The van der Waals surface area contributed by atoms with Crippen LogP contribution in [-0.2, 0) is 9.53 Å². The number of ether oxygens (including phenoxy) is 1. The van der Waals surface area contributed by atoms with Gasteiger partial charge < -0.3 is 20.1 Å². The average molecular weight is 473 g/mol. The number of aliphatic hydroxyl groups is 3. The van der Waals surface area contributed by atoms with Gasteiger partial charge in [-0.25, -0.2) is 0 Å². The Labute approximate surface area is 200 Å². The summed E-state index contributed by atoms with van der Waals surface area (Å²) in [5, 5.41) is 29.9. The first-order chi connectivity index (χ1) is 16.0. The monoisotopic (exact) mass is 472 g/mol. The zero-order valence-corrected chi connectivity index (χ0v) is 19.5. The number of hydrogen-bond donors (Lipinski definition) is 3. The molecular formula is C27H33ClO5. The van der Waals surface area contributed by atoms with Gasteiger partial charge in [-0.2, -0.15) is 0 Å². The fourth-order valence-corrected chi connectivity index (χ4v) is 4.96. The Morgan fingerprint density at radius 2 is 1.79 bits per heavy atom. The van der Waals surface area contributed by atoms with Gasteiger partial charge in [0.2, 0.25) is 0 Å². The lowest BCUT2D eigenvalue weighted by Gasteiger charge is -2.23. The lowest BCUT2D eigenvalue weighted by atomic mass is 9.84. The molecule has 3 rings (SSSR count). The van der Waals surface area contributed by atoms with Crippen LogP contribution < -0.4 is 0 Å². The molecule has 1 fully saturated rings. The number of carbonyl (C=O) groups excluding carboxylic acids is 1. The van der Waals surface area contributed by atoms with Gasteiger partial charge in [0.15, 0.2) is 0 Å². The van der Waals surface area contributed by atoms with E-state index in [0.717, 1.165) is 29.5 Å². The first kappa shape index (κ1) is 25.4. The molecule has 1 aliphatic rings. The van der Waals surface area contributed by atoms with Crippen molar-refractivity contribution in [1.82, 2.24) is 0 Å². The molecule has 2 aromatic carbocycles. The molecule has 0 heterocycles. The zero-order chi connectivity index (χ0) is 23.6. The van der Waals surface area contributed by atoms with Crippen LogP contribution in [0.15, 0.2) is 66.7 Å². The molecule has 5 nitrogen and oxygen atoms in total. The summed E-state index contributed by atoms with van der Waals surface area (Å²) in [5.41, 5.74) is 2.69. The first-order valence-electron chi connectivity index (χ1n) is 11.6. The second-order valence-electron chi connectivity index (χ2n) is 8.53. The van der Waals surface area contributed by atoms with Gasteiger partial charge in [-0.15, -0.1) is 11.6 Å². The topological polar surface area (TPSA) is 87.0 Å². The smallest absolute Gasteiger partial charge is 0.305 e. The summed E-state index contributed by atoms with van der Waals surface area (Å²) in [7, 11) is 0. The van der Waals surface area contributed by atoms with E-state index in [1.165, 1.54) is 0 Å². The molecule has 0 radical (unpaired) electrons. The van der Waals surface area contributed by atoms with E-state index in [0.29, 0.717) is 19.3 Å². The van der Waals surface area contributed by atoms with Gasteiger partial charge in [-0.3, -0.25) is 4.79 Å². The third kappa shape index (κ3) is 7.15. The van der Waals surface area contributed by atoms with Crippen LogP contribution in [0.2, 0.25) is 0 Å².